The van der Waals surface area contributed by atoms with Crippen molar-refractivity contribution < 1.29 is 4.79 Å². The Balaban J connectivity index is 1.98. The van der Waals surface area contributed by atoms with E-state index in [1.165, 1.54) is 0 Å². The van der Waals surface area contributed by atoms with Crippen LogP contribution in [-0.4, -0.2) is 16.1 Å². The van der Waals surface area contributed by atoms with Gasteiger partial charge in [-0.15, -0.1) is 10.2 Å². The van der Waals surface area contributed by atoms with Crippen LogP contribution in [0.3, 0.4) is 0 Å². The minimum Gasteiger partial charge on any atom is -0.309 e. The molecule has 1 N–H and O–H groups in total. The van der Waals surface area contributed by atoms with Crippen molar-refractivity contribution in [1.29, 1.82) is 0 Å². The van der Waals surface area contributed by atoms with Gasteiger partial charge in [0.05, 0.1) is 6.42 Å². The van der Waals surface area contributed by atoms with Gasteiger partial charge < -0.3 is 5.32 Å². The molecule has 0 spiro atoms. The van der Waals surface area contributed by atoms with Crippen LogP contribution < -0.4 is 5.32 Å². The van der Waals surface area contributed by atoms with Crippen molar-refractivity contribution in [3.05, 3.63) is 52.1 Å². The van der Waals surface area contributed by atoms with E-state index in [9.17, 15) is 4.79 Å². The summed E-state index contributed by atoms with van der Waals surface area (Å²) >= 11 is 3.19. The minimum absolute atomic E-state index is 0.0998. The number of carbonyl (C=O) groups excluding carboxylic acids is 1. The van der Waals surface area contributed by atoms with Crippen molar-refractivity contribution in [2.75, 3.05) is 5.32 Å². The quantitative estimate of drug-likeness (QED) is 0.948. The molecule has 0 fully saturated rings. The number of benzene rings is 1. The summed E-state index contributed by atoms with van der Waals surface area (Å²) in [6, 6.07) is 11.3. The third kappa shape index (κ3) is 3.63. The van der Waals surface area contributed by atoms with E-state index in [0.29, 0.717) is 16.8 Å². The molecule has 1 amide bonds. The molecule has 18 heavy (non-hydrogen) atoms. The lowest BCUT2D eigenvalue weighted by Gasteiger charge is -2.04. The zero-order valence-corrected chi connectivity index (χ0v) is 11.4. The first-order valence-corrected chi connectivity index (χ1v) is 6.27. The first-order chi connectivity index (χ1) is 8.63. The molecule has 1 aromatic carbocycles. The molecular weight excluding hydrogens is 294 g/mol. The van der Waals surface area contributed by atoms with E-state index in [1.807, 2.05) is 31.2 Å². The van der Waals surface area contributed by atoms with Crippen LogP contribution in [0.1, 0.15) is 11.1 Å². The first kappa shape index (κ1) is 12.7. The maximum atomic E-state index is 11.8. The highest BCUT2D eigenvalue weighted by Gasteiger charge is 2.05. The molecule has 92 valence electrons. The number of hydrogen-bond donors (Lipinski definition) is 1. The number of aromatic nitrogens is 2. The van der Waals surface area contributed by atoms with Crippen molar-refractivity contribution in [2.24, 2.45) is 0 Å². The molecule has 5 heteroatoms. The van der Waals surface area contributed by atoms with E-state index in [0.717, 1.165) is 11.1 Å². The SMILES string of the molecule is Cc1cccc(CC(=O)Nc2ccc(Br)nn2)c1. The Hall–Kier alpha value is -1.75. The molecule has 0 saturated carbocycles. The number of halogens is 1. The summed E-state index contributed by atoms with van der Waals surface area (Å²) in [5.41, 5.74) is 2.13. The Morgan fingerprint density at radius 2 is 2.11 bits per heavy atom. The molecule has 0 radical (unpaired) electrons. The third-order valence-electron chi connectivity index (χ3n) is 2.35. The number of anilines is 1. The van der Waals surface area contributed by atoms with Gasteiger partial charge in [0.25, 0.3) is 0 Å². The van der Waals surface area contributed by atoms with Gasteiger partial charge in [-0.3, -0.25) is 4.79 Å². The predicted molar refractivity (Wildman–Crippen MR) is 73.2 cm³/mol. The van der Waals surface area contributed by atoms with E-state index in [2.05, 4.69) is 31.4 Å². The predicted octanol–water partition coefficient (Wildman–Crippen LogP) is 2.73. The normalized spacial score (nSPS) is 10.1. The molecule has 1 aromatic heterocycles. The fourth-order valence-electron chi connectivity index (χ4n) is 1.58. The molecule has 0 aliphatic carbocycles. The van der Waals surface area contributed by atoms with E-state index in [1.54, 1.807) is 12.1 Å². The van der Waals surface area contributed by atoms with Gasteiger partial charge in [0.2, 0.25) is 5.91 Å². The fourth-order valence-corrected chi connectivity index (χ4v) is 1.79. The number of carbonyl (C=O) groups is 1. The molecule has 0 aliphatic rings. The zero-order valence-electron chi connectivity index (χ0n) is 9.85. The molecule has 0 aliphatic heterocycles. The van der Waals surface area contributed by atoms with Crippen molar-refractivity contribution in [3.63, 3.8) is 0 Å². The maximum Gasteiger partial charge on any atom is 0.229 e. The molecule has 1 heterocycles. The van der Waals surface area contributed by atoms with E-state index >= 15 is 0 Å². The highest BCUT2D eigenvalue weighted by atomic mass is 79.9. The Bertz CT molecular complexity index is 554. The topological polar surface area (TPSA) is 54.9 Å². The van der Waals surface area contributed by atoms with Crippen molar-refractivity contribution in [2.45, 2.75) is 13.3 Å². The van der Waals surface area contributed by atoms with Gasteiger partial charge in [0, 0.05) is 0 Å². The third-order valence-corrected chi connectivity index (χ3v) is 2.77. The smallest absolute Gasteiger partial charge is 0.229 e. The van der Waals surface area contributed by atoms with Gasteiger partial charge >= 0.3 is 0 Å². The van der Waals surface area contributed by atoms with Gasteiger partial charge in [-0.25, -0.2) is 0 Å². The van der Waals surface area contributed by atoms with Gasteiger partial charge in [-0.1, -0.05) is 29.8 Å². The number of nitrogens with one attached hydrogen (secondary N) is 1. The van der Waals surface area contributed by atoms with Crippen molar-refractivity contribution in [3.8, 4) is 0 Å². The van der Waals surface area contributed by atoms with Crippen LogP contribution in [0, 0.1) is 6.92 Å². The highest BCUT2D eigenvalue weighted by Crippen LogP contribution is 2.09. The highest BCUT2D eigenvalue weighted by molar-refractivity contribution is 9.10. The minimum atomic E-state index is -0.0998. The number of amides is 1. The van der Waals surface area contributed by atoms with Crippen LogP contribution in [0.25, 0.3) is 0 Å². The second-order valence-corrected chi connectivity index (χ2v) is 4.77. The van der Waals surface area contributed by atoms with Crippen LogP contribution >= 0.6 is 15.9 Å². The first-order valence-electron chi connectivity index (χ1n) is 5.48. The molecule has 2 rings (SSSR count). The molecule has 0 saturated heterocycles. The Morgan fingerprint density at radius 1 is 1.28 bits per heavy atom. The van der Waals surface area contributed by atoms with Crippen LogP contribution in [0.4, 0.5) is 5.82 Å². The van der Waals surface area contributed by atoms with Gasteiger partial charge in [0.1, 0.15) is 4.60 Å². The van der Waals surface area contributed by atoms with Crippen LogP contribution in [-0.2, 0) is 11.2 Å². The monoisotopic (exact) mass is 305 g/mol. The average molecular weight is 306 g/mol. The second kappa shape index (κ2) is 5.73. The largest absolute Gasteiger partial charge is 0.309 e. The standard InChI is InChI=1S/C13H12BrN3O/c1-9-3-2-4-10(7-9)8-13(18)15-12-6-5-11(14)16-17-12/h2-7H,8H2,1H3,(H,15,17,18). The second-order valence-electron chi connectivity index (χ2n) is 3.96. The van der Waals surface area contributed by atoms with Gasteiger partial charge in [-0.05, 0) is 40.5 Å². The Kier molecular flexibility index (Phi) is 4.04. The van der Waals surface area contributed by atoms with Crippen LogP contribution in [0.5, 0.6) is 0 Å². The summed E-state index contributed by atoms with van der Waals surface area (Å²) in [5, 5.41) is 10.4. The maximum absolute atomic E-state index is 11.8. The van der Waals surface area contributed by atoms with Crippen LogP contribution in [0.2, 0.25) is 0 Å². The molecule has 2 aromatic rings. The van der Waals surface area contributed by atoms with E-state index in [4.69, 9.17) is 0 Å². The zero-order chi connectivity index (χ0) is 13.0. The van der Waals surface area contributed by atoms with E-state index in [-0.39, 0.29) is 5.91 Å². The Morgan fingerprint density at radius 3 is 2.78 bits per heavy atom. The molecular formula is C13H12BrN3O. The number of rotatable bonds is 3. The molecule has 4 nitrogen and oxygen atoms in total. The van der Waals surface area contributed by atoms with Gasteiger partial charge in [-0.2, -0.15) is 0 Å². The lowest BCUT2D eigenvalue weighted by atomic mass is 10.1. The number of nitrogens with zero attached hydrogens (tertiary/aromatic N) is 2. The summed E-state index contributed by atoms with van der Waals surface area (Å²) in [6.07, 6.45) is 0.333. The van der Waals surface area contributed by atoms with E-state index < -0.39 is 0 Å². The summed E-state index contributed by atoms with van der Waals surface area (Å²) in [5.74, 6) is 0.355. The summed E-state index contributed by atoms with van der Waals surface area (Å²) < 4.78 is 0.638. The van der Waals surface area contributed by atoms with Crippen molar-refractivity contribution in [1.82, 2.24) is 10.2 Å². The van der Waals surface area contributed by atoms with Gasteiger partial charge in [0.15, 0.2) is 5.82 Å². The number of aryl methyl sites for hydroxylation is 1. The van der Waals surface area contributed by atoms with Crippen LogP contribution in [0.15, 0.2) is 41.0 Å². The average Bonchev–Trinajstić information content (AvgIpc) is 2.32. The lowest BCUT2D eigenvalue weighted by molar-refractivity contribution is -0.115. The fraction of sp³-hybridized carbons (Fsp3) is 0.154. The van der Waals surface area contributed by atoms with Crippen molar-refractivity contribution >= 4 is 27.7 Å². The lowest BCUT2D eigenvalue weighted by Crippen LogP contribution is -2.15. The molecule has 0 unspecified atom stereocenters. The molecule has 0 atom stereocenters. The Labute approximate surface area is 114 Å². The number of hydrogen-bond acceptors (Lipinski definition) is 3. The summed E-state index contributed by atoms with van der Waals surface area (Å²) in [7, 11) is 0. The summed E-state index contributed by atoms with van der Waals surface area (Å²) in [6.45, 7) is 2.00. The molecule has 0 bridgehead atoms. The summed E-state index contributed by atoms with van der Waals surface area (Å²) in [4.78, 5) is 11.8.